The minimum atomic E-state index is -0.133. The molecule has 4 nitrogen and oxygen atoms in total. The standard InChI is InChI=1S/C20H29FN4/c1-2-24(15-20-12-22-16-23-20)13-18-6-4-9-25(14-18)10-8-17-5-3-7-19(21)11-17/h3,5,7,11-12,16,18H,2,4,6,8-10,13-15H2,1H3,(H,22,23)/t18-/m0/s1. The number of aromatic amines is 1. The smallest absolute Gasteiger partial charge is 0.123 e. The molecule has 0 unspecified atom stereocenters. The lowest BCUT2D eigenvalue weighted by Gasteiger charge is -2.35. The van der Waals surface area contributed by atoms with Gasteiger partial charge >= 0.3 is 0 Å². The molecule has 0 radical (unpaired) electrons. The van der Waals surface area contributed by atoms with Crippen LogP contribution in [0.3, 0.4) is 0 Å². The summed E-state index contributed by atoms with van der Waals surface area (Å²) in [6.45, 7) is 8.68. The van der Waals surface area contributed by atoms with Crippen molar-refractivity contribution in [3.8, 4) is 0 Å². The fraction of sp³-hybridized carbons (Fsp3) is 0.550. The molecule has 1 aliphatic heterocycles. The van der Waals surface area contributed by atoms with E-state index in [1.54, 1.807) is 18.5 Å². The molecule has 1 atom stereocenters. The van der Waals surface area contributed by atoms with Crippen LogP contribution in [0.4, 0.5) is 4.39 Å². The number of nitrogens with zero attached hydrogens (tertiary/aromatic N) is 3. The van der Waals surface area contributed by atoms with E-state index < -0.39 is 0 Å². The lowest BCUT2D eigenvalue weighted by atomic mass is 9.96. The SMILES string of the molecule is CCN(Cc1cnc[nH]1)C[C@@H]1CCCN(CCc2cccc(F)c2)C1. The van der Waals surface area contributed by atoms with Crippen molar-refractivity contribution in [1.82, 2.24) is 19.8 Å². The van der Waals surface area contributed by atoms with Crippen molar-refractivity contribution in [3.63, 3.8) is 0 Å². The van der Waals surface area contributed by atoms with Gasteiger partial charge in [0.15, 0.2) is 0 Å². The first kappa shape index (κ1) is 18.1. The first-order valence-electron chi connectivity index (χ1n) is 9.39. The van der Waals surface area contributed by atoms with Gasteiger partial charge in [0.25, 0.3) is 0 Å². The lowest BCUT2D eigenvalue weighted by molar-refractivity contribution is 0.132. The molecular weight excluding hydrogens is 315 g/mol. The third kappa shape index (κ3) is 5.65. The maximum absolute atomic E-state index is 13.3. The van der Waals surface area contributed by atoms with Gasteiger partial charge in [-0.15, -0.1) is 0 Å². The van der Waals surface area contributed by atoms with Gasteiger partial charge in [-0.2, -0.15) is 0 Å². The molecule has 0 bridgehead atoms. The summed E-state index contributed by atoms with van der Waals surface area (Å²) in [5.74, 6) is 0.579. The molecule has 3 rings (SSSR count). The summed E-state index contributed by atoms with van der Waals surface area (Å²) in [5.41, 5.74) is 2.28. The number of nitrogens with one attached hydrogen (secondary N) is 1. The van der Waals surface area contributed by atoms with Gasteiger partial charge in [-0.3, -0.25) is 4.90 Å². The van der Waals surface area contributed by atoms with Crippen molar-refractivity contribution < 1.29 is 4.39 Å². The van der Waals surface area contributed by atoms with Crippen LogP contribution in [0.25, 0.3) is 0 Å². The van der Waals surface area contributed by atoms with Crippen LogP contribution in [0.5, 0.6) is 0 Å². The predicted molar refractivity (Wildman–Crippen MR) is 98.8 cm³/mol. The first-order chi connectivity index (χ1) is 12.2. The second-order valence-electron chi connectivity index (χ2n) is 7.09. The Bertz CT molecular complexity index is 628. The number of halogens is 1. The minimum absolute atomic E-state index is 0.133. The number of imidazole rings is 1. The van der Waals surface area contributed by atoms with Gasteiger partial charge < -0.3 is 9.88 Å². The van der Waals surface area contributed by atoms with E-state index in [0.717, 1.165) is 44.7 Å². The third-order valence-electron chi connectivity index (χ3n) is 5.12. The molecule has 0 spiro atoms. The monoisotopic (exact) mass is 344 g/mol. The molecule has 0 saturated carbocycles. The highest BCUT2D eigenvalue weighted by atomic mass is 19.1. The van der Waals surface area contributed by atoms with Crippen LogP contribution in [0.2, 0.25) is 0 Å². The normalized spacial score (nSPS) is 18.8. The van der Waals surface area contributed by atoms with Crippen molar-refractivity contribution in [2.75, 3.05) is 32.7 Å². The van der Waals surface area contributed by atoms with Crippen molar-refractivity contribution in [2.24, 2.45) is 5.92 Å². The molecule has 136 valence electrons. The van der Waals surface area contributed by atoms with E-state index in [2.05, 4.69) is 26.7 Å². The highest BCUT2D eigenvalue weighted by Gasteiger charge is 2.21. The van der Waals surface area contributed by atoms with Gasteiger partial charge in [0.2, 0.25) is 0 Å². The van der Waals surface area contributed by atoms with Gasteiger partial charge in [0.05, 0.1) is 6.33 Å². The second kappa shape index (κ2) is 9.11. The topological polar surface area (TPSA) is 35.2 Å². The van der Waals surface area contributed by atoms with Crippen molar-refractivity contribution in [2.45, 2.75) is 32.7 Å². The molecule has 1 aromatic heterocycles. The Morgan fingerprint density at radius 2 is 2.32 bits per heavy atom. The Morgan fingerprint density at radius 1 is 1.40 bits per heavy atom. The van der Waals surface area contributed by atoms with Gasteiger partial charge in [-0.05, 0) is 56.0 Å². The van der Waals surface area contributed by atoms with Crippen molar-refractivity contribution >= 4 is 0 Å². The summed E-state index contributed by atoms with van der Waals surface area (Å²) in [5, 5.41) is 0. The quantitative estimate of drug-likeness (QED) is 0.798. The first-order valence-corrected chi connectivity index (χ1v) is 9.39. The fourth-order valence-electron chi connectivity index (χ4n) is 3.77. The highest BCUT2D eigenvalue weighted by molar-refractivity contribution is 5.16. The van der Waals surface area contributed by atoms with Crippen LogP contribution in [0.15, 0.2) is 36.8 Å². The summed E-state index contributed by atoms with van der Waals surface area (Å²) in [7, 11) is 0. The van der Waals surface area contributed by atoms with Gasteiger partial charge in [0.1, 0.15) is 5.82 Å². The highest BCUT2D eigenvalue weighted by Crippen LogP contribution is 2.19. The van der Waals surface area contributed by atoms with Crippen LogP contribution < -0.4 is 0 Å². The molecule has 1 N–H and O–H groups in total. The molecule has 1 aromatic carbocycles. The van der Waals surface area contributed by atoms with Gasteiger partial charge in [-0.25, -0.2) is 9.37 Å². The van der Waals surface area contributed by atoms with Crippen molar-refractivity contribution in [3.05, 3.63) is 53.9 Å². The maximum atomic E-state index is 13.3. The van der Waals surface area contributed by atoms with Crippen LogP contribution in [0, 0.1) is 11.7 Å². The Balaban J connectivity index is 1.46. The average molecular weight is 344 g/mol. The van der Waals surface area contributed by atoms with E-state index >= 15 is 0 Å². The number of rotatable bonds is 8. The Kier molecular flexibility index (Phi) is 6.59. The molecule has 1 aliphatic rings. The predicted octanol–water partition coefficient (Wildman–Crippen LogP) is 3.33. The minimum Gasteiger partial charge on any atom is -0.347 e. The average Bonchev–Trinajstić information content (AvgIpc) is 3.13. The zero-order valence-electron chi connectivity index (χ0n) is 15.1. The Hall–Kier alpha value is -1.72. The second-order valence-corrected chi connectivity index (χ2v) is 7.09. The van der Waals surface area contributed by atoms with E-state index in [1.807, 2.05) is 12.3 Å². The summed E-state index contributed by atoms with van der Waals surface area (Å²) in [4.78, 5) is 12.3. The lowest BCUT2D eigenvalue weighted by Crippen LogP contribution is -2.41. The molecule has 0 aliphatic carbocycles. The van der Waals surface area contributed by atoms with Crippen LogP contribution in [-0.4, -0.2) is 52.5 Å². The Morgan fingerprint density at radius 3 is 3.08 bits per heavy atom. The largest absolute Gasteiger partial charge is 0.347 e. The van der Waals surface area contributed by atoms with E-state index in [4.69, 9.17) is 0 Å². The molecule has 1 saturated heterocycles. The number of hydrogen-bond acceptors (Lipinski definition) is 3. The molecule has 2 heterocycles. The summed E-state index contributed by atoms with van der Waals surface area (Å²) in [6.07, 6.45) is 7.15. The molecule has 5 heteroatoms. The van der Waals surface area contributed by atoms with Crippen LogP contribution in [0.1, 0.15) is 31.0 Å². The van der Waals surface area contributed by atoms with Gasteiger partial charge in [0, 0.05) is 38.1 Å². The number of likely N-dealkylation sites (tertiary alicyclic amines) is 1. The molecule has 1 fully saturated rings. The number of piperidine rings is 1. The van der Waals surface area contributed by atoms with E-state index in [0.29, 0.717) is 5.92 Å². The van der Waals surface area contributed by atoms with Gasteiger partial charge in [-0.1, -0.05) is 19.1 Å². The van der Waals surface area contributed by atoms with Crippen LogP contribution in [-0.2, 0) is 13.0 Å². The van der Waals surface area contributed by atoms with E-state index in [1.165, 1.54) is 31.1 Å². The molecule has 25 heavy (non-hydrogen) atoms. The van der Waals surface area contributed by atoms with Crippen molar-refractivity contribution in [1.29, 1.82) is 0 Å². The van der Waals surface area contributed by atoms with E-state index in [-0.39, 0.29) is 5.82 Å². The third-order valence-corrected chi connectivity index (χ3v) is 5.12. The molecule has 0 amide bonds. The summed E-state index contributed by atoms with van der Waals surface area (Å²) < 4.78 is 13.3. The zero-order valence-corrected chi connectivity index (χ0v) is 15.1. The number of hydrogen-bond donors (Lipinski definition) is 1. The summed E-state index contributed by atoms with van der Waals surface area (Å²) in [6, 6.07) is 7.00. The molecule has 2 aromatic rings. The Labute approximate surface area is 150 Å². The maximum Gasteiger partial charge on any atom is 0.123 e. The number of benzene rings is 1. The summed E-state index contributed by atoms with van der Waals surface area (Å²) >= 11 is 0. The van der Waals surface area contributed by atoms with Crippen LogP contribution >= 0.6 is 0 Å². The number of H-pyrrole nitrogens is 1. The van der Waals surface area contributed by atoms with E-state index in [9.17, 15) is 4.39 Å². The zero-order chi connectivity index (χ0) is 17.5. The molecular formula is C20H29FN4. The number of aromatic nitrogens is 2. The fourth-order valence-corrected chi connectivity index (χ4v) is 3.77.